The number of hydrogen-bond acceptors (Lipinski definition) is 5. The Hall–Kier alpha value is -2.57. The second kappa shape index (κ2) is 6.63. The molecule has 3 heterocycles. The molecule has 4 rings (SSSR count). The Morgan fingerprint density at radius 2 is 2.12 bits per heavy atom. The molecular formula is C19H25N5O2. The van der Waals surface area contributed by atoms with Gasteiger partial charge in [-0.15, -0.1) is 0 Å². The zero-order valence-corrected chi connectivity index (χ0v) is 15.4. The van der Waals surface area contributed by atoms with Crippen LogP contribution in [-0.2, 0) is 11.3 Å². The summed E-state index contributed by atoms with van der Waals surface area (Å²) in [6.07, 6.45) is 9.49. The fraction of sp³-hybridized carbons (Fsp3) is 0.526. The van der Waals surface area contributed by atoms with E-state index >= 15 is 0 Å². The minimum Gasteiger partial charge on any atom is -0.361 e. The van der Waals surface area contributed by atoms with Gasteiger partial charge in [-0.25, -0.2) is 0 Å². The van der Waals surface area contributed by atoms with Crippen molar-refractivity contribution in [1.82, 2.24) is 20.3 Å². The van der Waals surface area contributed by atoms with Crippen LogP contribution >= 0.6 is 0 Å². The van der Waals surface area contributed by atoms with Crippen molar-refractivity contribution >= 4 is 11.6 Å². The second-order valence-corrected chi connectivity index (χ2v) is 7.40. The van der Waals surface area contributed by atoms with Gasteiger partial charge in [0, 0.05) is 11.8 Å². The average Bonchev–Trinajstić information content (AvgIpc) is 3.37. The zero-order chi connectivity index (χ0) is 18.3. The predicted octanol–water partition coefficient (Wildman–Crippen LogP) is 2.89. The molecule has 2 aliphatic rings. The molecule has 0 radical (unpaired) electrons. The van der Waals surface area contributed by atoms with Crippen molar-refractivity contribution < 1.29 is 9.32 Å². The van der Waals surface area contributed by atoms with Gasteiger partial charge in [-0.1, -0.05) is 37.4 Å². The van der Waals surface area contributed by atoms with Crippen molar-refractivity contribution in [2.24, 2.45) is 5.92 Å². The molecule has 1 atom stereocenters. The smallest absolute Gasteiger partial charge is 0.255 e. The summed E-state index contributed by atoms with van der Waals surface area (Å²) in [6, 6.07) is -0.170. The maximum atomic E-state index is 12.9. The first-order chi connectivity index (χ1) is 12.5. The van der Waals surface area contributed by atoms with Crippen LogP contribution in [0.4, 0.5) is 5.69 Å². The minimum absolute atomic E-state index is 0.0683. The summed E-state index contributed by atoms with van der Waals surface area (Å²) in [5.41, 5.74) is 2.62. The van der Waals surface area contributed by atoms with Crippen LogP contribution in [-0.4, -0.2) is 26.9 Å². The molecule has 2 fully saturated rings. The van der Waals surface area contributed by atoms with E-state index in [-0.39, 0.29) is 11.9 Å². The summed E-state index contributed by atoms with van der Waals surface area (Å²) in [5, 5.41) is 11.6. The number of anilines is 1. The van der Waals surface area contributed by atoms with Crippen molar-refractivity contribution in [3.63, 3.8) is 0 Å². The molecule has 1 saturated heterocycles. The van der Waals surface area contributed by atoms with E-state index in [0.717, 1.165) is 29.1 Å². The third kappa shape index (κ3) is 3.02. The first kappa shape index (κ1) is 16.9. The Kier molecular flexibility index (Phi) is 4.30. The van der Waals surface area contributed by atoms with Crippen LogP contribution in [0, 0.1) is 19.8 Å². The number of hydrogen-bond donors (Lipinski definition) is 1. The second-order valence-electron chi connectivity index (χ2n) is 7.40. The summed E-state index contributed by atoms with van der Waals surface area (Å²) in [6.45, 7) is 8.40. The first-order valence-corrected chi connectivity index (χ1v) is 9.26. The molecule has 2 aromatic heterocycles. The highest BCUT2D eigenvalue weighted by Crippen LogP contribution is 2.32. The molecule has 7 nitrogen and oxygen atoms in total. The molecule has 0 spiro atoms. The van der Waals surface area contributed by atoms with Gasteiger partial charge >= 0.3 is 0 Å². The van der Waals surface area contributed by atoms with Crippen molar-refractivity contribution in [3.05, 3.63) is 41.8 Å². The van der Waals surface area contributed by atoms with Crippen molar-refractivity contribution in [3.8, 4) is 0 Å². The lowest BCUT2D eigenvalue weighted by Crippen LogP contribution is -2.31. The van der Waals surface area contributed by atoms with Gasteiger partial charge in [0.25, 0.3) is 5.91 Å². The van der Waals surface area contributed by atoms with Gasteiger partial charge in [0.1, 0.15) is 17.6 Å². The Labute approximate surface area is 153 Å². The lowest BCUT2D eigenvalue weighted by molar-refractivity contribution is -0.118. The molecule has 0 aromatic carbocycles. The molecule has 0 bridgehead atoms. The fourth-order valence-electron chi connectivity index (χ4n) is 4.08. The number of aryl methyl sites for hydroxylation is 2. The standard InChI is InChI=1S/C19H25N5O2/c1-12-17(13(2)26-22-12)11-23-10-16(9-20-23)24-14(3)21-18(19(24)25)8-15-6-4-5-7-15/h9-10,15,18,21H,3-8,11H2,1-2H3. The maximum Gasteiger partial charge on any atom is 0.255 e. The molecule has 2 aromatic rings. The number of carbonyl (C=O) groups excluding carboxylic acids is 1. The molecule has 1 saturated carbocycles. The van der Waals surface area contributed by atoms with E-state index < -0.39 is 0 Å². The average molecular weight is 355 g/mol. The maximum absolute atomic E-state index is 12.9. The van der Waals surface area contributed by atoms with Crippen LogP contribution in [0.3, 0.4) is 0 Å². The van der Waals surface area contributed by atoms with Gasteiger partial charge in [-0.3, -0.25) is 14.4 Å². The molecule has 1 unspecified atom stereocenters. The van der Waals surface area contributed by atoms with Crippen LogP contribution < -0.4 is 10.2 Å². The van der Waals surface area contributed by atoms with Crippen molar-refractivity contribution in [2.45, 2.75) is 58.5 Å². The number of rotatable bonds is 5. The fourth-order valence-corrected chi connectivity index (χ4v) is 4.08. The van der Waals surface area contributed by atoms with Crippen LogP contribution in [0.25, 0.3) is 0 Å². The molecule has 7 heteroatoms. The van der Waals surface area contributed by atoms with E-state index in [1.54, 1.807) is 15.8 Å². The minimum atomic E-state index is -0.170. The van der Waals surface area contributed by atoms with Crippen molar-refractivity contribution in [1.29, 1.82) is 0 Å². The lowest BCUT2D eigenvalue weighted by atomic mass is 9.98. The lowest BCUT2D eigenvalue weighted by Gasteiger charge is -2.14. The Morgan fingerprint density at radius 1 is 1.35 bits per heavy atom. The van der Waals surface area contributed by atoms with E-state index in [0.29, 0.717) is 18.3 Å². The number of aromatic nitrogens is 3. The number of amides is 1. The summed E-state index contributed by atoms with van der Waals surface area (Å²) < 4.78 is 7.00. The van der Waals surface area contributed by atoms with Crippen LogP contribution in [0.5, 0.6) is 0 Å². The van der Waals surface area contributed by atoms with Gasteiger partial charge in [0.05, 0.1) is 24.1 Å². The molecule has 1 amide bonds. The highest BCUT2D eigenvalue weighted by molar-refractivity contribution is 6.02. The van der Waals surface area contributed by atoms with E-state index in [1.165, 1.54) is 25.7 Å². The van der Waals surface area contributed by atoms with E-state index in [1.807, 2.05) is 20.0 Å². The zero-order valence-electron chi connectivity index (χ0n) is 15.4. The highest BCUT2D eigenvalue weighted by Gasteiger charge is 2.37. The molecule has 1 aliphatic carbocycles. The number of carbonyl (C=O) groups is 1. The van der Waals surface area contributed by atoms with E-state index in [9.17, 15) is 4.79 Å². The molecular weight excluding hydrogens is 330 g/mol. The van der Waals surface area contributed by atoms with Gasteiger partial charge < -0.3 is 9.84 Å². The number of nitrogens with one attached hydrogen (secondary N) is 1. The predicted molar refractivity (Wildman–Crippen MR) is 97.4 cm³/mol. The SMILES string of the molecule is C=C1NC(CC2CCCC2)C(=O)N1c1cnn(Cc2c(C)noc2C)c1. The van der Waals surface area contributed by atoms with Gasteiger partial charge in [-0.2, -0.15) is 5.10 Å². The summed E-state index contributed by atoms with van der Waals surface area (Å²) in [7, 11) is 0. The summed E-state index contributed by atoms with van der Waals surface area (Å²) >= 11 is 0. The highest BCUT2D eigenvalue weighted by atomic mass is 16.5. The van der Waals surface area contributed by atoms with Gasteiger partial charge in [0.2, 0.25) is 0 Å². The third-order valence-corrected chi connectivity index (χ3v) is 5.55. The van der Waals surface area contributed by atoms with Gasteiger partial charge in [0.15, 0.2) is 0 Å². The van der Waals surface area contributed by atoms with Crippen LogP contribution in [0.1, 0.15) is 49.1 Å². The van der Waals surface area contributed by atoms with Crippen molar-refractivity contribution in [2.75, 3.05) is 4.90 Å². The van der Waals surface area contributed by atoms with Crippen LogP contribution in [0.2, 0.25) is 0 Å². The summed E-state index contributed by atoms with van der Waals surface area (Å²) in [4.78, 5) is 14.5. The quantitative estimate of drug-likeness (QED) is 0.892. The first-order valence-electron chi connectivity index (χ1n) is 9.26. The summed E-state index contributed by atoms with van der Waals surface area (Å²) in [5.74, 6) is 2.14. The largest absolute Gasteiger partial charge is 0.361 e. The Balaban J connectivity index is 1.48. The van der Waals surface area contributed by atoms with E-state index in [2.05, 4.69) is 22.2 Å². The Bertz CT molecular complexity index is 811. The topological polar surface area (TPSA) is 76.2 Å². The normalized spacial score (nSPS) is 21.0. The monoisotopic (exact) mass is 355 g/mol. The van der Waals surface area contributed by atoms with E-state index in [4.69, 9.17) is 4.52 Å². The Morgan fingerprint density at radius 3 is 2.81 bits per heavy atom. The molecule has 1 aliphatic heterocycles. The third-order valence-electron chi connectivity index (χ3n) is 5.55. The molecule has 138 valence electrons. The molecule has 26 heavy (non-hydrogen) atoms. The number of nitrogens with zero attached hydrogens (tertiary/aromatic N) is 4. The van der Waals surface area contributed by atoms with Gasteiger partial charge in [-0.05, 0) is 26.2 Å². The van der Waals surface area contributed by atoms with Crippen LogP contribution in [0.15, 0.2) is 29.3 Å². The molecule has 1 N–H and O–H groups in total.